The lowest BCUT2D eigenvalue weighted by Gasteiger charge is -2.34. The molecule has 3 N–H and O–H groups in total. The molecule has 6 heteroatoms. The van der Waals surface area contributed by atoms with Crippen molar-refractivity contribution >= 4 is 16.9 Å². The van der Waals surface area contributed by atoms with Crippen molar-refractivity contribution in [2.75, 3.05) is 18.8 Å². The highest BCUT2D eigenvalue weighted by molar-refractivity contribution is 7.82. The van der Waals surface area contributed by atoms with Crippen LogP contribution in [0.3, 0.4) is 0 Å². The average molecular weight is 220 g/mol. The Morgan fingerprint density at radius 1 is 1.57 bits per heavy atom. The summed E-state index contributed by atoms with van der Waals surface area (Å²) in [6.45, 7) is 2.75. The van der Waals surface area contributed by atoms with Gasteiger partial charge in [0.2, 0.25) is 5.91 Å². The van der Waals surface area contributed by atoms with Crippen molar-refractivity contribution in [1.29, 1.82) is 0 Å². The highest BCUT2D eigenvalue weighted by Gasteiger charge is 2.38. The van der Waals surface area contributed by atoms with Crippen molar-refractivity contribution in [3.05, 3.63) is 0 Å². The van der Waals surface area contributed by atoms with E-state index >= 15 is 0 Å². The lowest BCUT2D eigenvalue weighted by molar-refractivity contribution is -0.139. The monoisotopic (exact) mass is 220 g/mol. The van der Waals surface area contributed by atoms with Crippen LogP contribution in [0, 0.1) is 0 Å². The highest BCUT2D eigenvalue weighted by atomic mass is 32.2. The number of rotatable bonds is 3. The molecule has 1 atom stereocenters. The molecule has 1 unspecified atom stereocenters. The van der Waals surface area contributed by atoms with Crippen molar-refractivity contribution in [2.24, 2.45) is 5.73 Å². The predicted octanol–water partition coefficient (Wildman–Crippen LogP) is -1.02. The fraction of sp³-hybridized carbons (Fsp3) is 0.875. The summed E-state index contributed by atoms with van der Waals surface area (Å²) in [5.74, 6) is -0.117. The number of hydrogen-bond acceptors (Lipinski definition) is 3. The highest BCUT2D eigenvalue weighted by Crippen LogP contribution is 2.22. The quantitative estimate of drug-likeness (QED) is 0.638. The van der Waals surface area contributed by atoms with Crippen molar-refractivity contribution in [2.45, 2.75) is 25.4 Å². The van der Waals surface area contributed by atoms with Crippen LogP contribution in [-0.4, -0.2) is 44.0 Å². The molecule has 0 radical (unpaired) electrons. The van der Waals surface area contributed by atoms with Gasteiger partial charge in [-0.15, -0.1) is 0 Å². The summed E-state index contributed by atoms with van der Waals surface area (Å²) in [6, 6.07) is 0. The standard InChI is InChI=1S/C8H16N2O3S/c1-2-14(13)10-5-3-8(12,4-6-10)7(9)11/h12H,2-6H2,1H3,(H2,9,11). The Morgan fingerprint density at radius 3 is 2.43 bits per heavy atom. The van der Waals surface area contributed by atoms with Crippen LogP contribution < -0.4 is 5.73 Å². The molecule has 0 aromatic rings. The number of piperidine rings is 1. The zero-order chi connectivity index (χ0) is 10.8. The second kappa shape index (κ2) is 4.37. The third-order valence-electron chi connectivity index (χ3n) is 2.54. The molecule has 0 aromatic heterocycles. The minimum atomic E-state index is -1.39. The molecule has 1 aliphatic heterocycles. The van der Waals surface area contributed by atoms with Crippen molar-refractivity contribution in [3.63, 3.8) is 0 Å². The number of carbonyl (C=O) groups excluding carboxylic acids is 1. The van der Waals surface area contributed by atoms with E-state index in [0.29, 0.717) is 18.8 Å². The number of nitrogens with two attached hydrogens (primary N) is 1. The van der Waals surface area contributed by atoms with Crippen molar-refractivity contribution in [3.8, 4) is 0 Å². The topological polar surface area (TPSA) is 83.6 Å². The van der Waals surface area contributed by atoms with E-state index in [9.17, 15) is 14.1 Å². The number of hydrogen-bond donors (Lipinski definition) is 2. The number of aliphatic hydroxyl groups is 1. The van der Waals surface area contributed by atoms with Gasteiger partial charge in [-0.1, -0.05) is 6.92 Å². The third kappa shape index (κ3) is 2.31. The Kier molecular flexibility index (Phi) is 3.63. The Hall–Kier alpha value is -0.460. The number of nitrogens with zero attached hydrogens (tertiary/aromatic N) is 1. The summed E-state index contributed by atoms with van der Waals surface area (Å²) in [7, 11) is -0.990. The Balaban J connectivity index is 2.54. The average Bonchev–Trinajstić information content (AvgIpc) is 2.17. The lowest BCUT2D eigenvalue weighted by atomic mass is 9.92. The largest absolute Gasteiger partial charge is 0.380 e. The summed E-state index contributed by atoms with van der Waals surface area (Å²) in [4.78, 5) is 10.9. The van der Waals surface area contributed by atoms with Crippen molar-refractivity contribution < 1.29 is 14.1 Å². The van der Waals surface area contributed by atoms with Gasteiger partial charge in [-0.25, -0.2) is 8.51 Å². The first kappa shape index (κ1) is 11.6. The van der Waals surface area contributed by atoms with E-state index in [-0.39, 0.29) is 12.8 Å². The van der Waals surface area contributed by atoms with Crippen LogP contribution in [0.25, 0.3) is 0 Å². The molecule has 1 fully saturated rings. The van der Waals surface area contributed by atoms with Crippen LogP contribution in [0.5, 0.6) is 0 Å². The number of amides is 1. The van der Waals surface area contributed by atoms with Gasteiger partial charge < -0.3 is 10.8 Å². The zero-order valence-electron chi connectivity index (χ0n) is 8.23. The van der Waals surface area contributed by atoms with Gasteiger partial charge in [0.05, 0.1) is 11.0 Å². The van der Waals surface area contributed by atoms with E-state index in [1.165, 1.54) is 0 Å². The summed E-state index contributed by atoms with van der Waals surface area (Å²) in [5.41, 5.74) is 3.68. The fourth-order valence-electron chi connectivity index (χ4n) is 1.49. The van der Waals surface area contributed by atoms with E-state index in [1.807, 2.05) is 6.92 Å². The van der Waals surface area contributed by atoms with Crippen LogP contribution in [0.4, 0.5) is 0 Å². The maximum Gasteiger partial charge on any atom is 0.249 e. The van der Waals surface area contributed by atoms with Crippen LogP contribution in [0.2, 0.25) is 0 Å². The van der Waals surface area contributed by atoms with Gasteiger partial charge in [0.1, 0.15) is 5.60 Å². The number of primary amides is 1. The van der Waals surface area contributed by atoms with Gasteiger partial charge in [0, 0.05) is 18.8 Å². The molecule has 1 heterocycles. The van der Waals surface area contributed by atoms with Gasteiger partial charge >= 0.3 is 0 Å². The molecule has 0 saturated carbocycles. The molecule has 0 aromatic carbocycles. The molecule has 82 valence electrons. The predicted molar refractivity (Wildman–Crippen MR) is 53.6 cm³/mol. The maximum atomic E-state index is 11.4. The van der Waals surface area contributed by atoms with E-state index < -0.39 is 22.5 Å². The second-order valence-corrected chi connectivity index (χ2v) is 5.17. The normalized spacial score (nSPS) is 24.4. The van der Waals surface area contributed by atoms with E-state index in [2.05, 4.69) is 0 Å². The molecule has 1 saturated heterocycles. The third-order valence-corrected chi connectivity index (χ3v) is 3.98. The molecule has 14 heavy (non-hydrogen) atoms. The molecule has 0 spiro atoms. The second-order valence-electron chi connectivity index (χ2n) is 3.44. The van der Waals surface area contributed by atoms with E-state index in [4.69, 9.17) is 5.73 Å². The molecule has 5 nitrogen and oxygen atoms in total. The van der Waals surface area contributed by atoms with Crippen LogP contribution >= 0.6 is 0 Å². The molecule has 0 aliphatic carbocycles. The molecular weight excluding hydrogens is 204 g/mol. The Morgan fingerprint density at radius 2 is 2.07 bits per heavy atom. The first-order valence-corrected chi connectivity index (χ1v) is 5.93. The maximum absolute atomic E-state index is 11.4. The van der Waals surface area contributed by atoms with Gasteiger partial charge in [0.25, 0.3) is 0 Å². The SMILES string of the molecule is CCS(=O)N1CCC(O)(C(N)=O)CC1. The Labute approximate surface area is 85.9 Å². The lowest BCUT2D eigenvalue weighted by Crippen LogP contribution is -2.52. The van der Waals surface area contributed by atoms with Gasteiger partial charge in [-0.05, 0) is 12.8 Å². The zero-order valence-corrected chi connectivity index (χ0v) is 9.05. The van der Waals surface area contributed by atoms with Crippen LogP contribution in [-0.2, 0) is 15.8 Å². The smallest absolute Gasteiger partial charge is 0.249 e. The van der Waals surface area contributed by atoms with E-state index in [1.54, 1.807) is 4.31 Å². The van der Waals surface area contributed by atoms with Crippen LogP contribution in [0.15, 0.2) is 0 Å². The molecular formula is C8H16N2O3S. The van der Waals surface area contributed by atoms with E-state index in [0.717, 1.165) is 0 Å². The summed E-state index contributed by atoms with van der Waals surface area (Å²) in [6.07, 6.45) is 0.544. The van der Waals surface area contributed by atoms with Crippen molar-refractivity contribution in [1.82, 2.24) is 4.31 Å². The fourth-order valence-corrected chi connectivity index (χ4v) is 2.44. The minimum Gasteiger partial charge on any atom is -0.380 e. The minimum absolute atomic E-state index is 0.272. The first-order valence-electron chi connectivity index (χ1n) is 4.65. The van der Waals surface area contributed by atoms with Gasteiger partial charge in [0.15, 0.2) is 0 Å². The summed E-state index contributed by atoms with van der Waals surface area (Å²) >= 11 is 0. The molecule has 1 amide bonds. The molecule has 1 aliphatic rings. The first-order chi connectivity index (χ1) is 6.49. The Bertz CT molecular complexity index is 249. The van der Waals surface area contributed by atoms with Gasteiger partial charge in [-0.3, -0.25) is 4.79 Å². The van der Waals surface area contributed by atoms with Crippen LogP contribution in [0.1, 0.15) is 19.8 Å². The summed E-state index contributed by atoms with van der Waals surface area (Å²) < 4.78 is 13.1. The molecule has 1 rings (SSSR count). The van der Waals surface area contributed by atoms with Gasteiger partial charge in [-0.2, -0.15) is 0 Å². The molecule has 0 bridgehead atoms. The summed E-state index contributed by atoms with van der Waals surface area (Å²) in [5, 5.41) is 9.72. The number of carbonyl (C=O) groups is 1.